The monoisotopic (exact) mass is 411 g/mol. The molecule has 0 saturated heterocycles. The fourth-order valence-electron chi connectivity index (χ4n) is 2.08. The van der Waals surface area contributed by atoms with Crippen molar-refractivity contribution in [1.82, 2.24) is 0 Å². The number of hydrogen-bond donors (Lipinski definition) is 1. The van der Waals surface area contributed by atoms with Crippen LogP contribution in [0.1, 0.15) is 24.5 Å². The van der Waals surface area contributed by atoms with Crippen molar-refractivity contribution in [2.45, 2.75) is 32.7 Å². The molecule has 0 aliphatic rings. The Morgan fingerprint density at radius 3 is 2.43 bits per heavy atom. The van der Waals surface area contributed by atoms with Crippen molar-refractivity contribution in [2.24, 2.45) is 5.73 Å². The summed E-state index contributed by atoms with van der Waals surface area (Å²) in [6.07, 6.45) is 1.89. The van der Waals surface area contributed by atoms with Crippen molar-refractivity contribution < 1.29 is 4.74 Å². The van der Waals surface area contributed by atoms with Crippen molar-refractivity contribution in [3.63, 3.8) is 0 Å². The van der Waals surface area contributed by atoms with Gasteiger partial charge in [0.05, 0.1) is 4.47 Å². The molecular formula is C17H19Br2NO. The Hall–Kier alpha value is -0.840. The van der Waals surface area contributed by atoms with Crippen LogP contribution in [0.3, 0.4) is 0 Å². The molecule has 0 radical (unpaired) electrons. The molecule has 0 spiro atoms. The van der Waals surface area contributed by atoms with Gasteiger partial charge in [-0.3, -0.25) is 0 Å². The van der Waals surface area contributed by atoms with E-state index in [-0.39, 0.29) is 6.04 Å². The van der Waals surface area contributed by atoms with Crippen LogP contribution in [-0.4, -0.2) is 6.04 Å². The molecule has 4 heteroatoms. The molecule has 1 atom stereocenters. The summed E-state index contributed by atoms with van der Waals surface area (Å²) in [6, 6.07) is 12.3. The van der Waals surface area contributed by atoms with E-state index >= 15 is 0 Å². The van der Waals surface area contributed by atoms with Gasteiger partial charge >= 0.3 is 0 Å². The number of benzene rings is 2. The quantitative estimate of drug-likeness (QED) is 0.694. The van der Waals surface area contributed by atoms with Crippen molar-refractivity contribution in [3.05, 3.63) is 56.5 Å². The number of nitrogens with two attached hydrogens (primary N) is 1. The number of hydrogen-bond acceptors (Lipinski definition) is 2. The van der Waals surface area contributed by atoms with Gasteiger partial charge in [-0.2, -0.15) is 0 Å². The first-order chi connectivity index (χ1) is 9.99. The zero-order valence-electron chi connectivity index (χ0n) is 12.2. The van der Waals surface area contributed by atoms with Gasteiger partial charge in [-0.15, -0.1) is 0 Å². The Bertz CT molecular complexity index is 628. The molecule has 21 heavy (non-hydrogen) atoms. The minimum absolute atomic E-state index is 0.219. The van der Waals surface area contributed by atoms with Crippen LogP contribution < -0.4 is 10.5 Å². The normalized spacial score (nSPS) is 12.2. The van der Waals surface area contributed by atoms with Crippen LogP contribution in [0.5, 0.6) is 11.5 Å². The van der Waals surface area contributed by atoms with Crippen LogP contribution in [0.2, 0.25) is 0 Å². The summed E-state index contributed by atoms with van der Waals surface area (Å²) in [6.45, 7) is 4.17. The zero-order valence-corrected chi connectivity index (χ0v) is 15.4. The maximum atomic E-state index is 6.01. The van der Waals surface area contributed by atoms with Gasteiger partial charge in [-0.25, -0.2) is 0 Å². The first-order valence-electron chi connectivity index (χ1n) is 6.97. The minimum Gasteiger partial charge on any atom is -0.456 e. The zero-order chi connectivity index (χ0) is 15.4. The second-order valence-electron chi connectivity index (χ2n) is 5.15. The Morgan fingerprint density at radius 2 is 1.81 bits per heavy atom. The van der Waals surface area contributed by atoms with Crippen LogP contribution in [0.25, 0.3) is 0 Å². The predicted octanol–water partition coefficient (Wildman–Crippen LogP) is 5.59. The van der Waals surface area contributed by atoms with Crippen molar-refractivity contribution in [3.8, 4) is 11.5 Å². The number of aryl methyl sites for hydroxylation is 1. The van der Waals surface area contributed by atoms with Gasteiger partial charge < -0.3 is 10.5 Å². The molecule has 0 amide bonds. The van der Waals surface area contributed by atoms with E-state index in [1.165, 1.54) is 5.56 Å². The molecule has 2 rings (SSSR count). The summed E-state index contributed by atoms with van der Waals surface area (Å²) in [7, 11) is 0. The highest BCUT2D eigenvalue weighted by Crippen LogP contribution is 2.33. The van der Waals surface area contributed by atoms with Gasteiger partial charge in [0, 0.05) is 10.5 Å². The number of rotatable bonds is 5. The second-order valence-corrected chi connectivity index (χ2v) is 6.92. The highest BCUT2D eigenvalue weighted by molar-refractivity contribution is 9.11. The SMILES string of the molecule is CCC(N)Cc1ccc(Oc2ccc(Br)cc2Br)c(C)c1. The van der Waals surface area contributed by atoms with E-state index in [9.17, 15) is 0 Å². The summed E-state index contributed by atoms with van der Waals surface area (Å²) in [5.41, 5.74) is 8.38. The molecule has 0 aromatic heterocycles. The molecule has 0 aliphatic carbocycles. The van der Waals surface area contributed by atoms with E-state index in [0.29, 0.717) is 0 Å². The molecule has 112 valence electrons. The van der Waals surface area contributed by atoms with Gasteiger partial charge in [0.2, 0.25) is 0 Å². The van der Waals surface area contributed by atoms with E-state index in [1.54, 1.807) is 0 Å². The summed E-state index contributed by atoms with van der Waals surface area (Å²) in [4.78, 5) is 0. The van der Waals surface area contributed by atoms with Crippen molar-refractivity contribution >= 4 is 31.9 Å². The fourth-order valence-corrected chi connectivity index (χ4v) is 3.20. The minimum atomic E-state index is 0.219. The first kappa shape index (κ1) is 16.5. The number of halogens is 2. The largest absolute Gasteiger partial charge is 0.456 e. The molecule has 0 aliphatic heterocycles. The maximum absolute atomic E-state index is 6.01. The lowest BCUT2D eigenvalue weighted by Gasteiger charge is -2.13. The lowest BCUT2D eigenvalue weighted by Crippen LogP contribution is -2.21. The average Bonchev–Trinajstić information content (AvgIpc) is 2.44. The van der Waals surface area contributed by atoms with E-state index < -0.39 is 0 Å². The van der Waals surface area contributed by atoms with Crippen LogP contribution in [-0.2, 0) is 6.42 Å². The molecule has 2 aromatic carbocycles. The van der Waals surface area contributed by atoms with E-state index in [2.05, 4.69) is 57.8 Å². The van der Waals surface area contributed by atoms with Crippen LogP contribution in [0.4, 0.5) is 0 Å². The maximum Gasteiger partial charge on any atom is 0.141 e. The van der Waals surface area contributed by atoms with Crippen LogP contribution >= 0.6 is 31.9 Å². The lowest BCUT2D eigenvalue weighted by atomic mass is 10.0. The molecule has 0 heterocycles. The Balaban J connectivity index is 2.17. The van der Waals surface area contributed by atoms with Gasteiger partial charge in [0.15, 0.2) is 0 Å². The Labute approximate surface area is 143 Å². The Kier molecular flexibility index (Phi) is 5.85. The van der Waals surface area contributed by atoms with Crippen molar-refractivity contribution in [1.29, 1.82) is 0 Å². The van der Waals surface area contributed by atoms with Gasteiger partial charge in [0.1, 0.15) is 11.5 Å². The summed E-state index contributed by atoms with van der Waals surface area (Å²) in [5.74, 6) is 1.67. The average molecular weight is 413 g/mol. The molecule has 0 fully saturated rings. The standard InChI is InChI=1S/C17H19Br2NO/c1-3-14(20)9-12-4-6-16(11(2)8-12)21-17-7-5-13(18)10-15(17)19/h4-8,10,14H,3,9,20H2,1-2H3. The molecular weight excluding hydrogens is 394 g/mol. The highest BCUT2D eigenvalue weighted by atomic mass is 79.9. The summed E-state index contributed by atoms with van der Waals surface area (Å²) in [5, 5.41) is 0. The lowest BCUT2D eigenvalue weighted by molar-refractivity contribution is 0.475. The third-order valence-corrected chi connectivity index (χ3v) is 4.49. The van der Waals surface area contributed by atoms with E-state index in [4.69, 9.17) is 10.5 Å². The molecule has 2 aromatic rings. The van der Waals surface area contributed by atoms with Gasteiger partial charge in [0.25, 0.3) is 0 Å². The molecule has 0 saturated carbocycles. The topological polar surface area (TPSA) is 35.2 Å². The highest BCUT2D eigenvalue weighted by Gasteiger charge is 2.08. The van der Waals surface area contributed by atoms with Gasteiger partial charge in [-0.05, 0) is 71.1 Å². The molecule has 0 bridgehead atoms. The molecule has 1 unspecified atom stereocenters. The van der Waals surface area contributed by atoms with E-state index in [0.717, 1.165) is 38.8 Å². The fraction of sp³-hybridized carbons (Fsp3) is 0.294. The smallest absolute Gasteiger partial charge is 0.141 e. The number of ether oxygens (including phenoxy) is 1. The predicted molar refractivity (Wildman–Crippen MR) is 95.1 cm³/mol. The van der Waals surface area contributed by atoms with Crippen molar-refractivity contribution in [2.75, 3.05) is 0 Å². The summed E-state index contributed by atoms with van der Waals surface area (Å²) >= 11 is 6.95. The van der Waals surface area contributed by atoms with Gasteiger partial charge in [-0.1, -0.05) is 35.0 Å². The van der Waals surface area contributed by atoms with Crippen LogP contribution in [0.15, 0.2) is 45.3 Å². The van der Waals surface area contributed by atoms with E-state index in [1.807, 2.05) is 24.3 Å². The third-order valence-electron chi connectivity index (χ3n) is 3.38. The second kappa shape index (κ2) is 7.43. The molecule has 2 nitrogen and oxygen atoms in total. The van der Waals surface area contributed by atoms with Crippen LogP contribution in [0, 0.1) is 6.92 Å². The Morgan fingerprint density at radius 1 is 1.10 bits per heavy atom. The summed E-state index contributed by atoms with van der Waals surface area (Å²) < 4.78 is 7.92. The first-order valence-corrected chi connectivity index (χ1v) is 8.56. The molecule has 2 N–H and O–H groups in total. The third kappa shape index (κ3) is 4.56.